The second kappa shape index (κ2) is 7.16. The maximum Gasteiger partial charge on any atom is 0.165 e. The first-order chi connectivity index (χ1) is 12.3. The molecule has 3 aromatic rings. The van der Waals surface area contributed by atoms with Gasteiger partial charge in [-0.2, -0.15) is 0 Å². The van der Waals surface area contributed by atoms with Crippen molar-refractivity contribution >= 4 is 33.4 Å². The predicted octanol–water partition coefficient (Wildman–Crippen LogP) is 5.80. The van der Waals surface area contributed by atoms with Crippen molar-refractivity contribution in [1.82, 2.24) is 4.90 Å². The van der Waals surface area contributed by atoms with Gasteiger partial charge in [-0.1, -0.05) is 84.6 Å². The Morgan fingerprint density at radius 1 is 1.00 bits per heavy atom. The zero-order chi connectivity index (χ0) is 17.1. The largest absolute Gasteiger partial charge is 0.346 e. The van der Waals surface area contributed by atoms with Gasteiger partial charge in [0.1, 0.15) is 0 Å². The van der Waals surface area contributed by atoms with E-state index < -0.39 is 0 Å². The average molecular weight is 344 g/mol. The monoisotopic (exact) mass is 344 g/mol. The van der Waals surface area contributed by atoms with Gasteiger partial charge < -0.3 is 4.90 Å². The number of thioether (sulfide) groups is 1. The molecule has 0 amide bonds. The average Bonchev–Trinajstić information content (AvgIpc) is 3.06. The lowest BCUT2D eigenvalue weighted by molar-refractivity contribution is 0.485. The van der Waals surface area contributed by atoms with E-state index in [0.717, 1.165) is 23.9 Å². The third kappa shape index (κ3) is 3.33. The summed E-state index contributed by atoms with van der Waals surface area (Å²) in [4.78, 5) is 7.34. The predicted molar refractivity (Wildman–Crippen MR) is 110 cm³/mol. The molecule has 1 heterocycles. The fraction of sp³-hybridized carbons (Fsp3) is 0.136. The molecule has 0 unspecified atom stereocenters. The first-order valence-corrected chi connectivity index (χ1v) is 9.37. The van der Waals surface area contributed by atoms with Crippen LogP contribution in [0.3, 0.4) is 0 Å². The number of amidine groups is 1. The van der Waals surface area contributed by atoms with Crippen molar-refractivity contribution in [2.45, 2.75) is 5.25 Å². The van der Waals surface area contributed by atoms with Gasteiger partial charge in [-0.25, -0.2) is 4.99 Å². The fourth-order valence-corrected chi connectivity index (χ4v) is 4.42. The lowest BCUT2D eigenvalue weighted by atomic mass is 10.1. The molecule has 4 rings (SSSR count). The standard InChI is InChI=1S/C22H20N2S/c1-2-15-24-16-21(18-10-4-3-5-11-18)25-22(24)23-20-14-8-12-17-9-6-7-13-19(17)20/h2-14,21H,1,15-16H2/t21-/m0/s1. The number of hydrogen-bond acceptors (Lipinski definition) is 2. The molecule has 3 aromatic carbocycles. The minimum absolute atomic E-state index is 0.412. The topological polar surface area (TPSA) is 15.6 Å². The molecule has 1 aliphatic heterocycles. The summed E-state index contributed by atoms with van der Waals surface area (Å²) in [5.74, 6) is 0. The maximum atomic E-state index is 5.02. The minimum Gasteiger partial charge on any atom is -0.346 e. The summed E-state index contributed by atoms with van der Waals surface area (Å²) in [5.41, 5.74) is 2.38. The highest BCUT2D eigenvalue weighted by Crippen LogP contribution is 2.39. The molecule has 0 bridgehead atoms. The van der Waals surface area contributed by atoms with Crippen LogP contribution in [0.4, 0.5) is 5.69 Å². The van der Waals surface area contributed by atoms with Crippen molar-refractivity contribution < 1.29 is 0 Å². The van der Waals surface area contributed by atoms with Crippen molar-refractivity contribution in [2.24, 2.45) is 4.99 Å². The van der Waals surface area contributed by atoms with Crippen molar-refractivity contribution in [3.05, 3.63) is 91.0 Å². The van der Waals surface area contributed by atoms with Crippen molar-refractivity contribution in [3.63, 3.8) is 0 Å². The van der Waals surface area contributed by atoms with Gasteiger partial charge in [0.05, 0.1) is 10.9 Å². The maximum absolute atomic E-state index is 5.02. The van der Waals surface area contributed by atoms with Gasteiger partial charge in [0.2, 0.25) is 0 Å². The van der Waals surface area contributed by atoms with E-state index in [1.807, 2.05) is 17.8 Å². The van der Waals surface area contributed by atoms with E-state index in [-0.39, 0.29) is 0 Å². The second-order valence-corrected chi connectivity index (χ2v) is 7.27. The van der Waals surface area contributed by atoms with Crippen molar-refractivity contribution in [2.75, 3.05) is 13.1 Å². The third-order valence-corrected chi connectivity index (χ3v) is 5.67. The molecule has 3 heteroatoms. The number of benzene rings is 3. The zero-order valence-electron chi connectivity index (χ0n) is 14.0. The lowest BCUT2D eigenvalue weighted by Gasteiger charge is -2.16. The SMILES string of the molecule is C=CCN1C[C@@H](c2ccccc2)SC1=Nc1cccc2ccccc12. The van der Waals surface area contributed by atoms with Gasteiger partial charge in [0.25, 0.3) is 0 Å². The zero-order valence-corrected chi connectivity index (χ0v) is 14.8. The molecule has 2 nitrogen and oxygen atoms in total. The van der Waals surface area contributed by atoms with E-state index in [1.165, 1.54) is 16.3 Å². The highest BCUT2D eigenvalue weighted by atomic mass is 32.2. The van der Waals surface area contributed by atoms with Crippen LogP contribution in [0.2, 0.25) is 0 Å². The molecule has 25 heavy (non-hydrogen) atoms. The van der Waals surface area contributed by atoms with E-state index in [4.69, 9.17) is 4.99 Å². The Morgan fingerprint density at radius 2 is 1.76 bits per heavy atom. The van der Waals surface area contributed by atoms with E-state index in [0.29, 0.717) is 5.25 Å². The Bertz CT molecular complexity index is 912. The van der Waals surface area contributed by atoms with Crippen LogP contribution >= 0.6 is 11.8 Å². The molecule has 124 valence electrons. The highest BCUT2D eigenvalue weighted by Gasteiger charge is 2.29. The minimum atomic E-state index is 0.412. The smallest absolute Gasteiger partial charge is 0.165 e. The molecule has 0 saturated carbocycles. The lowest BCUT2D eigenvalue weighted by Crippen LogP contribution is -2.24. The Morgan fingerprint density at radius 3 is 2.60 bits per heavy atom. The summed E-state index contributed by atoms with van der Waals surface area (Å²) < 4.78 is 0. The molecule has 1 aliphatic rings. The summed E-state index contributed by atoms with van der Waals surface area (Å²) in [5, 5.41) is 3.90. The normalized spacial score (nSPS) is 18.8. The Hall–Kier alpha value is -2.52. The number of fused-ring (bicyclic) bond motifs is 1. The first-order valence-electron chi connectivity index (χ1n) is 8.49. The molecule has 1 fully saturated rings. The summed E-state index contributed by atoms with van der Waals surface area (Å²) in [7, 11) is 0. The van der Waals surface area contributed by atoms with E-state index >= 15 is 0 Å². The summed E-state index contributed by atoms with van der Waals surface area (Å²) in [6, 6.07) is 25.4. The number of aliphatic imine (C=N–C) groups is 1. The highest BCUT2D eigenvalue weighted by molar-refractivity contribution is 8.14. The van der Waals surface area contributed by atoms with Crippen LogP contribution in [0.5, 0.6) is 0 Å². The quantitative estimate of drug-likeness (QED) is 0.556. The van der Waals surface area contributed by atoms with Gasteiger partial charge in [-0.15, -0.1) is 6.58 Å². The molecule has 0 aliphatic carbocycles. The third-order valence-electron chi connectivity index (χ3n) is 4.41. The van der Waals surface area contributed by atoms with Crippen LogP contribution in [-0.2, 0) is 0 Å². The molecule has 0 radical (unpaired) electrons. The second-order valence-electron chi connectivity index (χ2n) is 6.10. The van der Waals surface area contributed by atoms with Gasteiger partial charge >= 0.3 is 0 Å². The Labute approximate surface area is 152 Å². The Balaban J connectivity index is 1.71. The number of hydrogen-bond donors (Lipinski definition) is 0. The first kappa shape index (κ1) is 16.0. The molecular formula is C22H20N2S. The molecule has 1 atom stereocenters. The molecule has 0 spiro atoms. The summed E-state index contributed by atoms with van der Waals surface area (Å²) in [6.45, 7) is 5.69. The van der Waals surface area contributed by atoms with Crippen LogP contribution in [0.25, 0.3) is 10.8 Å². The number of nitrogens with zero attached hydrogens (tertiary/aromatic N) is 2. The van der Waals surface area contributed by atoms with Crippen LogP contribution in [0, 0.1) is 0 Å². The fourth-order valence-electron chi connectivity index (χ4n) is 3.17. The molecule has 0 N–H and O–H groups in total. The van der Waals surface area contributed by atoms with Gasteiger partial charge in [-0.05, 0) is 17.0 Å². The molecule has 1 saturated heterocycles. The summed E-state index contributed by atoms with van der Waals surface area (Å²) in [6.07, 6.45) is 1.95. The van der Waals surface area contributed by atoms with Gasteiger partial charge in [-0.3, -0.25) is 0 Å². The summed E-state index contributed by atoms with van der Waals surface area (Å²) >= 11 is 1.84. The van der Waals surface area contributed by atoms with E-state index in [2.05, 4.69) is 84.3 Å². The molecular weight excluding hydrogens is 324 g/mol. The van der Waals surface area contributed by atoms with Crippen LogP contribution in [0.1, 0.15) is 10.8 Å². The van der Waals surface area contributed by atoms with Crippen LogP contribution in [-0.4, -0.2) is 23.2 Å². The van der Waals surface area contributed by atoms with Crippen LogP contribution in [0.15, 0.2) is 90.4 Å². The Kier molecular flexibility index (Phi) is 4.57. The van der Waals surface area contributed by atoms with Crippen LogP contribution < -0.4 is 0 Å². The van der Waals surface area contributed by atoms with Gasteiger partial charge in [0, 0.05) is 18.5 Å². The van der Waals surface area contributed by atoms with Crippen molar-refractivity contribution in [3.8, 4) is 0 Å². The van der Waals surface area contributed by atoms with E-state index in [9.17, 15) is 0 Å². The van der Waals surface area contributed by atoms with Gasteiger partial charge in [0.15, 0.2) is 5.17 Å². The number of rotatable bonds is 4. The molecule has 0 aromatic heterocycles. The van der Waals surface area contributed by atoms with Crippen molar-refractivity contribution in [1.29, 1.82) is 0 Å². The van der Waals surface area contributed by atoms with E-state index in [1.54, 1.807) is 0 Å².